The van der Waals surface area contributed by atoms with Crippen LogP contribution in [0.3, 0.4) is 0 Å². The van der Waals surface area contributed by atoms with E-state index in [1.54, 1.807) is 20.8 Å². The average Bonchev–Trinajstić information content (AvgIpc) is 3.31. The maximum atomic E-state index is 13.3. The van der Waals surface area contributed by atoms with Crippen molar-refractivity contribution in [3.8, 4) is 0 Å². The van der Waals surface area contributed by atoms with Crippen molar-refractivity contribution >= 4 is 12.2 Å². The minimum Gasteiger partial charge on any atom is -0.444 e. The molecular formula is C34H39NO8. The minimum atomic E-state index is -1.46. The quantitative estimate of drug-likeness (QED) is 0.274. The molecule has 1 spiro atoms. The summed E-state index contributed by atoms with van der Waals surface area (Å²) >= 11 is 0. The molecule has 0 saturated carbocycles. The lowest BCUT2D eigenvalue weighted by atomic mass is 9.92. The molecule has 2 fully saturated rings. The van der Waals surface area contributed by atoms with E-state index >= 15 is 0 Å². The summed E-state index contributed by atoms with van der Waals surface area (Å²) in [5.41, 5.74) is 0.668. The van der Waals surface area contributed by atoms with Crippen LogP contribution in [0.5, 0.6) is 0 Å². The van der Waals surface area contributed by atoms with Crippen molar-refractivity contribution in [2.24, 2.45) is 0 Å². The Morgan fingerprint density at radius 1 is 0.837 bits per heavy atom. The lowest BCUT2D eigenvalue weighted by Gasteiger charge is -2.47. The van der Waals surface area contributed by atoms with Gasteiger partial charge in [-0.3, -0.25) is 0 Å². The number of hydrogen-bond acceptors (Lipinski definition) is 8. The number of imide groups is 1. The Morgan fingerprint density at radius 3 is 1.93 bits per heavy atom. The molecule has 2 aliphatic heterocycles. The fourth-order valence-corrected chi connectivity index (χ4v) is 5.23. The molecule has 0 bridgehead atoms. The second-order valence-corrected chi connectivity index (χ2v) is 11.8. The molecule has 2 aliphatic rings. The van der Waals surface area contributed by atoms with E-state index in [9.17, 15) is 9.59 Å². The Bertz CT molecular complexity index is 1330. The summed E-state index contributed by atoms with van der Waals surface area (Å²) in [6.07, 6.45) is -3.42. The molecule has 5 rings (SSSR count). The van der Waals surface area contributed by atoms with Gasteiger partial charge in [-0.2, -0.15) is 4.90 Å². The highest BCUT2D eigenvalue weighted by Gasteiger charge is 2.60. The van der Waals surface area contributed by atoms with Crippen LogP contribution in [0.25, 0.3) is 0 Å². The largest absolute Gasteiger partial charge is 0.444 e. The van der Waals surface area contributed by atoms with Gasteiger partial charge in [-0.25, -0.2) is 9.59 Å². The third-order valence-electron chi connectivity index (χ3n) is 7.20. The number of benzene rings is 3. The standard InChI is InChI=1S/C34H39NO8/c1-33(2,3)43-32(37)35-31(36)41-24-34(35)19-28(39-21-26-15-9-5-10-16-26)30(40-22-27-17-11-6-12-18-27)29(42-34)23-38-20-25-13-7-4-8-14-25/h4-18,28-30H,19-24H2,1-3H3/t28-,29-,30+,34-/m1/s1. The van der Waals surface area contributed by atoms with Crippen molar-refractivity contribution in [2.75, 3.05) is 13.2 Å². The number of rotatable bonds is 10. The van der Waals surface area contributed by atoms with Crippen LogP contribution in [0.2, 0.25) is 0 Å². The zero-order valence-corrected chi connectivity index (χ0v) is 24.8. The maximum absolute atomic E-state index is 13.3. The molecule has 9 heteroatoms. The predicted octanol–water partition coefficient (Wildman–Crippen LogP) is 6.25. The SMILES string of the molecule is CC(C)(C)OC(=O)N1C(=O)OC[C@]12C[C@@H](OCc1ccccc1)[C@H](OCc1ccccc1)[C@@H](COCc1ccccc1)O2. The van der Waals surface area contributed by atoms with Crippen molar-refractivity contribution in [1.29, 1.82) is 0 Å². The molecule has 2 saturated heterocycles. The number of nitrogens with zero attached hydrogens (tertiary/aromatic N) is 1. The van der Waals surface area contributed by atoms with Gasteiger partial charge in [0.25, 0.3) is 0 Å². The number of ether oxygens (including phenoxy) is 6. The summed E-state index contributed by atoms with van der Waals surface area (Å²) in [6.45, 7) is 6.12. The average molecular weight is 590 g/mol. The van der Waals surface area contributed by atoms with Gasteiger partial charge in [0, 0.05) is 6.42 Å². The Morgan fingerprint density at radius 2 is 1.37 bits per heavy atom. The van der Waals surface area contributed by atoms with E-state index < -0.39 is 41.8 Å². The lowest BCUT2D eigenvalue weighted by molar-refractivity contribution is -0.276. The molecule has 0 aliphatic carbocycles. The molecule has 2 heterocycles. The molecule has 3 aromatic rings. The minimum absolute atomic E-state index is 0.123. The highest BCUT2D eigenvalue weighted by atomic mass is 16.7. The van der Waals surface area contributed by atoms with Gasteiger partial charge in [0.15, 0.2) is 5.72 Å². The smallest absolute Gasteiger partial charge is 0.422 e. The third kappa shape index (κ3) is 8.00. The lowest BCUT2D eigenvalue weighted by Crippen LogP contribution is -2.64. The Labute approximate surface area is 252 Å². The van der Waals surface area contributed by atoms with E-state index in [0.29, 0.717) is 19.8 Å². The van der Waals surface area contributed by atoms with Gasteiger partial charge in [-0.05, 0) is 37.5 Å². The summed E-state index contributed by atoms with van der Waals surface area (Å²) in [5, 5.41) is 0. The molecule has 9 nitrogen and oxygen atoms in total. The molecule has 2 amide bonds. The van der Waals surface area contributed by atoms with Crippen LogP contribution < -0.4 is 0 Å². The Hall–Kier alpha value is -3.76. The number of carbonyl (C=O) groups is 2. The molecule has 228 valence electrons. The van der Waals surface area contributed by atoms with Crippen LogP contribution in [0.15, 0.2) is 91.0 Å². The molecule has 0 aromatic heterocycles. The number of cyclic esters (lactones) is 1. The molecule has 43 heavy (non-hydrogen) atoms. The summed E-state index contributed by atoms with van der Waals surface area (Å²) in [7, 11) is 0. The first-order valence-corrected chi connectivity index (χ1v) is 14.5. The number of amides is 2. The summed E-state index contributed by atoms with van der Waals surface area (Å²) < 4.78 is 36.8. The first-order valence-electron chi connectivity index (χ1n) is 14.5. The Kier molecular flexibility index (Phi) is 9.77. The molecule has 0 unspecified atom stereocenters. The zero-order valence-electron chi connectivity index (χ0n) is 24.8. The molecule has 0 radical (unpaired) electrons. The van der Waals surface area contributed by atoms with Crippen LogP contribution in [0, 0.1) is 0 Å². The highest BCUT2D eigenvalue weighted by molar-refractivity contribution is 5.90. The Balaban J connectivity index is 1.44. The van der Waals surface area contributed by atoms with E-state index in [0.717, 1.165) is 21.6 Å². The van der Waals surface area contributed by atoms with Gasteiger partial charge in [-0.1, -0.05) is 91.0 Å². The third-order valence-corrected chi connectivity index (χ3v) is 7.20. The van der Waals surface area contributed by atoms with Crippen molar-refractivity contribution in [3.63, 3.8) is 0 Å². The van der Waals surface area contributed by atoms with Crippen LogP contribution in [0.4, 0.5) is 9.59 Å². The molecule has 4 atom stereocenters. The zero-order chi connectivity index (χ0) is 30.3. The van der Waals surface area contributed by atoms with E-state index in [4.69, 9.17) is 28.4 Å². The summed E-state index contributed by atoms with van der Waals surface area (Å²) in [4.78, 5) is 27.3. The summed E-state index contributed by atoms with van der Waals surface area (Å²) in [5.74, 6) is 0. The van der Waals surface area contributed by atoms with Crippen molar-refractivity contribution < 1.29 is 38.0 Å². The topological polar surface area (TPSA) is 92.8 Å². The second-order valence-electron chi connectivity index (χ2n) is 11.8. The fourth-order valence-electron chi connectivity index (χ4n) is 5.23. The summed E-state index contributed by atoms with van der Waals surface area (Å²) in [6, 6.07) is 29.4. The van der Waals surface area contributed by atoms with Gasteiger partial charge >= 0.3 is 12.2 Å². The molecule has 0 N–H and O–H groups in total. The molecule has 3 aromatic carbocycles. The fraction of sp³-hybridized carbons (Fsp3) is 0.412. The van der Waals surface area contributed by atoms with Gasteiger partial charge < -0.3 is 28.4 Å². The van der Waals surface area contributed by atoms with E-state index in [1.807, 2.05) is 91.0 Å². The van der Waals surface area contributed by atoms with E-state index in [-0.39, 0.29) is 19.6 Å². The maximum Gasteiger partial charge on any atom is 0.422 e. The van der Waals surface area contributed by atoms with Crippen LogP contribution in [0.1, 0.15) is 43.9 Å². The van der Waals surface area contributed by atoms with Gasteiger partial charge in [0.2, 0.25) is 0 Å². The van der Waals surface area contributed by atoms with Crippen LogP contribution in [-0.4, -0.2) is 59.9 Å². The van der Waals surface area contributed by atoms with Crippen molar-refractivity contribution in [2.45, 2.75) is 76.7 Å². The normalized spacial score (nSPS) is 23.7. The highest BCUT2D eigenvalue weighted by Crippen LogP contribution is 2.41. The first-order chi connectivity index (χ1) is 20.7. The predicted molar refractivity (Wildman–Crippen MR) is 158 cm³/mol. The van der Waals surface area contributed by atoms with Crippen molar-refractivity contribution in [3.05, 3.63) is 108 Å². The number of carbonyl (C=O) groups excluding carboxylic acids is 2. The monoisotopic (exact) mass is 589 g/mol. The molecular weight excluding hydrogens is 550 g/mol. The van der Waals surface area contributed by atoms with Crippen molar-refractivity contribution in [1.82, 2.24) is 4.90 Å². The van der Waals surface area contributed by atoms with E-state index in [1.165, 1.54) is 0 Å². The van der Waals surface area contributed by atoms with Gasteiger partial charge in [-0.15, -0.1) is 0 Å². The second kappa shape index (κ2) is 13.7. The van der Waals surface area contributed by atoms with Gasteiger partial charge in [0.05, 0.1) is 32.5 Å². The van der Waals surface area contributed by atoms with E-state index in [2.05, 4.69) is 0 Å². The number of hydrogen-bond donors (Lipinski definition) is 0. The first kappa shape index (κ1) is 30.7. The van der Waals surface area contributed by atoms with Gasteiger partial charge in [0.1, 0.15) is 24.4 Å². The van der Waals surface area contributed by atoms with Crippen LogP contribution in [-0.2, 0) is 48.2 Å². The van der Waals surface area contributed by atoms with Crippen LogP contribution >= 0.6 is 0 Å².